The van der Waals surface area contributed by atoms with Gasteiger partial charge in [0.2, 0.25) is 0 Å². The molecule has 0 radical (unpaired) electrons. The van der Waals surface area contributed by atoms with E-state index in [0.717, 1.165) is 11.3 Å². The van der Waals surface area contributed by atoms with E-state index in [0.29, 0.717) is 13.2 Å². The molecule has 1 unspecified atom stereocenters. The van der Waals surface area contributed by atoms with Crippen LogP contribution in [0.1, 0.15) is 18.5 Å². The third-order valence-corrected chi connectivity index (χ3v) is 2.82. The summed E-state index contributed by atoms with van der Waals surface area (Å²) in [6.45, 7) is 3.16. The first-order valence-corrected chi connectivity index (χ1v) is 5.45. The number of benzene rings is 1. The van der Waals surface area contributed by atoms with Crippen molar-refractivity contribution < 1.29 is 9.53 Å². The van der Waals surface area contributed by atoms with Gasteiger partial charge in [-0.15, -0.1) is 0 Å². The summed E-state index contributed by atoms with van der Waals surface area (Å²) in [5.74, 6) is 0.868. The molecule has 0 aromatic heterocycles. The van der Waals surface area contributed by atoms with Crippen molar-refractivity contribution in [1.82, 2.24) is 10.2 Å². The van der Waals surface area contributed by atoms with E-state index in [1.165, 1.54) is 0 Å². The average molecular weight is 220 g/mol. The fourth-order valence-corrected chi connectivity index (χ4v) is 1.69. The first-order valence-electron chi connectivity index (χ1n) is 5.45. The molecule has 0 aliphatic carbocycles. The maximum absolute atomic E-state index is 11.7. The van der Waals surface area contributed by atoms with Gasteiger partial charge < -0.3 is 15.0 Å². The molecule has 2 rings (SSSR count). The lowest BCUT2D eigenvalue weighted by Gasteiger charge is -2.18. The van der Waals surface area contributed by atoms with Gasteiger partial charge >= 0.3 is 6.03 Å². The number of urea groups is 1. The summed E-state index contributed by atoms with van der Waals surface area (Å²) >= 11 is 0. The highest BCUT2D eigenvalue weighted by Crippen LogP contribution is 2.31. The lowest BCUT2D eigenvalue weighted by Crippen LogP contribution is -2.39. The van der Waals surface area contributed by atoms with Gasteiger partial charge in [0.05, 0.1) is 6.04 Å². The molecule has 4 nitrogen and oxygen atoms in total. The molecule has 1 aromatic carbocycles. The Morgan fingerprint density at radius 3 is 3.06 bits per heavy atom. The van der Waals surface area contributed by atoms with Gasteiger partial charge in [-0.25, -0.2) is 4.79 Å². The number of carbonyl (C=O) groups excluding carboxylic acids is 1. The van der Waals surface area contributed by atoms with E-state index in [1.54, 1.807) is 11.9 Å². The molecule has 0 saturated heterocycles. The van der Waals surface area contributed by atoms with Crippen LogP contribution >= 0.6 is 0 Å². The second-order valence-corrected chi connectivity index (χ2v) is 3.87. The van der Waals surface area contributed by atoms with Crippen LogP contribution in [0, 0.1) is 0 Å². The molecule has 0 fully saturated rings. The van der Waals surface area contributed by atoms with Crippen LogP contribution in [0.25, 0.3) is 0 Å². The SMILES string of the molecule is CCN(C)C(=O)NC1COc2ccccc21. The fourth-order valence-electron chi connectivity index (χ4n) is 1.69. The zero-order chi connectivity index (χ0) is 11.5. The average Bonchev–Trinajstić information content (AvgIpc) is 2.72. The minimum Gasteiger partial charge on any atom is -0.491 e. The number of fused-ring (bicyclic) bond motifs is 1. The number of para-hydroxylation sites is 1. The van der Waals surface area contributed by atoms with Crippen molar-refractivity contribution in [2.75, 3.05) is 20.2 Å². The van der Waals surface area contributed by atoms with Crippen molar-refractivity contribution in [1.29, 1.82) is 0 Å². The van der Waals surface area contributed by atoms with E-state index in [9.17, 15) is 4.79 Å². The van der Waals surface area contributed by atoms with Crippen molar-refractivity contribution in [3.8, 4) is 5.75 Å². The van der Waals surface area contributed by atoms with Crippen LogP contribution in [0.4, 0.5) is 4.79 Å². The number of carbonyl (C=O) groups is 1. The predicted octanol–water partition coefficient (Wildman–Crippen LogP) is 1.78. The number of rotatable bonds is 2. The molecule has 1 N–H and O–H groups in total. The van der Waals surface area contributed by atoms with Gasteiger partial charge in [-0.05, 0) is 13.0 Å². The second kappa shape index (κ2) is 4.43. The normalized spacial score (nSPS) is 17.5. The first kappa shape index (κ1) is 10.8. The van der Waals surface area contributed by atoms with Crippen LogP contribution in [0.15, 0.2) is 24.3 Å². The van der Waals surface area contributed by atoms with Crippen LogP contribution in [-0.2, 0) is 0 Å². The number of ether oxygens (including phenoxy) is 1. The quantitative estimate of drug-likeness (QED) is 0.825. The van der Waals surface area contributed by atoms with Gasteiger partial charge in [-0.2, -0.15) is 0 Å². The van der Waals surface area contributed by atoms with Crippen LogP contribution in [0.2, 0.25) is 0 Å². The van der Waals surface area contributed by atoms with Crippen LogP contribution in [0.5, 0.6) is 5.75 Å². The molecule has 4 heteroatoms. The molecule has 16 heavy (non-hydrogen) atoms. The number of nitrogens with zero attached hydrogens (tertiary/aromatic N) is 1. The molecule has 86 valence electrons. The van der Waals surface area contributed by atoms with E-state index >= 15 is 0 Å². The van der Waals surface area contributed by atoms with Gasteiger partial charge in [0.1, 0.15) is 12.4 Å². The molecule has 1 aliphatic heterocycles. The van der Waals surface area contributed by atoms with E-state index < -0.39 is 0 Å². The van der Waals surface area contributed by atoms with Crippen molar-refractivity contribution in [3.05, 3.63) is 29.8 Å². The summed E-state index contributed by atoms with van der Waals surface area (Å²) in [5, 5.41) is 2.95. The predicted molar refractivity (Wildman–Crippen MR) is 61.5 cm³/mol. The standard InChI is InChI=1S/C12H16N2O2/c1-3-14(2)12(15)13-10-8-16-11-7-5-4-6-9(10)11/h4-7,10H,3,8H2,1-2H3,(H,13,15). The third-order valence-electron chi connectivity index (χ3n) is 2.82. The molecular weight excluding hydrogens is 204 g/mol. The molecule has 2 amide bonds. The summed E-state index contributed by atoms with van der Waals surface area (Å²) in [5.41, 5.74) is 1.06. The van der Waals surface area contributed by atoms with Gasteiger partial charge in [0.15, 0.2) is 0 Å². The highest BCUT2D eigenvalue weighted by Gasteiger charge is 2.25. The lowest BCUT2D eigenvalue weighted by atomic mass is 10.1. The first-order chi connectivity index (χ1) is 7.72. The van der Waals surface area contributed by atoms with E-state index in [1.807, 2.05) is 31.2 Å². The Balaban J connectivity index is 2.06. The molecule has 1 heterocycles. The minimum atomic E-state index is -0.0622. The summed E-state index contributed by atoms with van der Waals surface area (Å²) in [4.78, 5) is 13.3. The Bertz CT molecular complexity index is 392. The number of nitrogens with one attached hydrogen (secondary N) is 1. The van der Waals surface area contributed by atoms with Crippen molar-refractivity contribution in [2.45, 2.75) is 13.0 Å². The van der Waals surface area contributed by atoms with E-state index in [2.05, 4.69) is 5.32 Å². The highest BCUT2D eigenvalue weighted by atomic mass is 16.5. The maximum atomic E-state index is 11.7. The maximum Gasteiger partial charge on any atom is 0.317 e. The van der Waals surface area contributed by atoms with Crippen molar-refractivity contribution in [3.63, 3.8) is 0 Å². The Morgan fingerprint density at radius 2 is 2.31 bits per heavy atom. The van der Waals surface area contributed by atoms with Crippen molar-refractivity contribution >= 4 is 6.03 Å². The van der Waals surface area contributed by atoms with E-state index in [-0.39, 0.29) is 12.1 Å². The second-order valence-electron chi connectivity index (χ2n) is 3.87. The molecular formula is C12H16N2O2. The third kappa shape index (κ3) is 1.96. The van der Waals surface area contributed by atoms with Crippen molar-refractivity contribution in [2.24, 2.45) is 0 Å². The minimum absolute atomic E-state index is 0.0299. The van der Waals surface area contributed by atoms with Gasteiger partial charge in [0.25, 0.3) is 0 Å². The number of hydrogen-bond donors (Lipinski definition) is 1. The number of amides is 2. The van der Waals surface area contributed by atoms with Gasteiger partial charge in [0, 0.05) is 19.2 Å². The summed E-state index contributed by atoms with van der Waals surface area (Å²) < 4.78 is 5.49. The largest absolute Gasteiger partial charge is 0.491 e. The molecule has 1 atom stereocenters. The van der Waals surface area contributed by atoms with Gasteiger partial charge in [-0.1, -0.05) is 18.2 Å². The summed E-state index contributed by atoms with van der Waals surface area (Å²) in [6, 6.07) is 7.70. The number of hydrogen-bond acceptors (Lipinski definition) is 2. The molecule has 0 bridgehead atoms. The molecule has 1 aromatic rings. The van der Waals surface area contributed by atoms with E-state index in [4.69, 9.17) is 4.74 Å². The summed E-state index contributed by atoms with van der Waals surface area (Å²) in [7, 11) is 1.77. The van der Waals surface area contributed by atoms with Gasteiger partial charge in [-0.3, -0.25) is 0 Å². The monoisotopic (exact) mass is 220 g/mol. The molecule has 0 spiro atoms. The molecule has 1 aliphatic rings. The molecule has 0 saturated carbocycles. The lowest BCUT2D eigenvalue weighted by molar-refractivity contribution is 0.203. The van der Waals surface area contributed by atoms with Crippen LogP contribution in [-0.4, -0.2) is 31.1 Å². The zero-order valence-corrected chi connectivity index (χ0v) is 9.56. The Kier molecular flexibility index (Phi) is 2.99. The fraction of sp³-hybridized carbons (Fsp3) is 0.417. The topological polar surface area (TPSA) is 41.6 Å². The highest BCUT2D eigenvalue weighted by molar-refractivity contribution is 5.74. The zero-order valence-electron chi connectivity index (χ0n) is 9.56. The van der Waals surface area contributed by atoms with Crippen LogP contribution in [0.3, 0.4) is 0 Å². The summed E-state index contributed by atoms with van der Waals surface area (Å²) in [6.07, 6.45) is 0. The Hall–Kier alpha value is -1.71. The van der Waals surface area contributed by atoms with Crippen LogP contribution < -0.4 is 10.1 Å². The smallest absolute Gasteiger partial charge is 0.317 e. The Morgan fingerprint density at radius 1 is 1.56 bits per heavy atom. The Labute approximate surface area is 95.2 Å².